The Morgan fingerprint density at radius 1 is 0.947 bits per heavy atom. The lowest BCUT2D eigenvalue weighted by Gasteiger charge is -2.11. The molecule has 1 aromatic heterocycles. The van der Waals surface area contributed by atoms with Gasteiger partial charge in [-0.1, -0.05) is 47.5 Å². The number of nitrogens with two attached hydrogens (primary N) is 2. The molecule has 0 aliphatic rings. The summed E-state index contributed by atoms with van der Waals surface area (Å²) in [5, 5.41) is 15.3. The molecule has 0 aliphatic heterocycles. The summed E-state index contributed by atoms with van der Waals surface area (Å²) in [6.07, 6.45) is -0.103. The van der Waals surface area contributed by atoms with Gasteiger partial charge in [0.15, 0.2) is 0 Å². The molecular formula is C26H19Cl2N5O4S. The standard InChI is InChI=1S/C26H19Cl2N5O4S/c27-21-3-1-2-19(24(21)28)26(35)31-15-6-4-14-5-11-18-22(13-23(29)34)32-33(25(18)20(14)12-15)16-7-9-17(10-8-16)38(30,36)37/h1-12H,13H2,(H2,29,34)(H,31,35)(H2,30,36,37). The minimum atomic E-state index is -3.88. The Labute approximate surface area is 227 Å². The number of nitrogens with zero attached hydrogens (tertiary/aromatic N) is 2. The predicted octanol–water partition coefficient (Wildman–Crippen LogP) is 4.41. The SMILES string of the molecule is NC(=O)Cc1nn(-c2ccc(S(N)(=O)=O)cc2)c2c1ccc1ccc(NC(=O)c3cccc(Cl)c3Cl)cc12. The molecule has 4 aromatic carbocycles. The van der Waals surface area contributed by atoms with Crippen molar-refractivity contribution in [2.75, 3.05) is 5.32 Å². The van der Waals surface area contributed by atoms with Crippen molar-refractivity contribution in [2.24, 2.45) is 10.9 Å². The second kappa shape index (κ2) is 9.73. The molecule has 12 heteroatoms. The maximum atomic E-state index is 12.9. The van der Waals surface area contributed by atoms with Crippen LogP contribution in [-0.4, -0.2) is 30.0 Å². The van der Waals surface area contributed by atoms with Gasteiger partial charge < -0.3 is 11.1 Å². The van der Waals surface area contributed by atoms with Crippen LogP contribution < -0.4 is 16.2 Å². The molecule has 5 aromatic rings. The topological polar surface area (TPSA) is 150 Å². The molecule has 0 fully saturated rings. The van der Waals surface area contributed by atoms with Gasteiger partial charge in [0, 0.05) is 16.5 Å². The smallest absolute Gasteiger partial charge is 0.257 e. The van der Waals surface area contributed by atoms with Gasteiger partial charge >= 0.3 is 0 Å². The Bertz CT molecular complexity index is 1870. The van der Waals surface area contributed by atoms with E-state index in [-0.39, 0.29) is 26.9 Å². The highest BCUT2D eigenvalue weighted by atomic mass is 35.5. The van der Waals surface area contributed by atoms with Gasteiger partial charge in [-0.15, -0.1) is 0 Å². The highest BCUT2D eigenvalue weighted by Crippen LogP contribution is 2.33. The normalized spacial score (nSPS) is 11.7. The summed E-state index contributed by atoms with van der Waals surface area (Å²) < 4.78 is 25.0. The lowest BCUT2D eigenvalue weighted by Crippen LogP contribution is -2.14. The Hall–Kier alpha value is -3.96. The van der Waals surface area contributed by atoms with Gasteiger partial charge in [0.2, 0.25) is 15.9 Å². The van der Waals surface area contributed by atoms with Crippen molar-refractivity contribution >= 4 is 72.4 Å². The van der Waals surface area contributed by atoms with E-state index in [4.69, 9.17) is 34.1 Å². The molecular weight excluding hydrogens is 549 g/mol. The molecule has 0 aliphatic carbocycles. The molecule has 0 atom stereocenters. The van der Waals surface area contributed by atoms with E-state index in [1.54, 1.807) is 47.1 Å². The van der Waals surface area contributed by atoms with Crippen molar-refractivity contribution in [2.45, 2.75) is 11.3 Å². The molecule has 2 amide bonds. The van der Waals surface area contributed by atoms with Crippen molar-refractivity contribution < 1.29 is 18.0 Å². The van der Waals surface area contributed by atoms with E-state index in [2.05, 4.69) is 10.4 Å². The predicted molar refractivity (Wildman–Crippen MR) is 147 cm³/mol. The van der Waals surface area contributed by atoms with E-state index < -0.39 is 21.8 Å². The molecule has 0 saturated heterocycles. The quantitative estimate of drug-likeness (QED) is 0.277. The average molecular weight is 568 g/mol. The number of hydrogen-bond donors (Lipinski definition) is 3. The summed E-state index contributed by atoms with van der Waals surface area (Å²) in [7, 11) is -3.88. The van der Waals surface area contributed by atoms with E-state index in [0.29, 0.717) is 28.0 Å². The summed E-state index contributed by atoms with van der Waals surface area (Å²) in [4.78, 5) is 24.6. The van der Waals surface area contributed by atoms with Gasteiger partial charge in [0.05, 0.1) is 43.8 Å². The number of hydrogen-bond acceptors (Lipinski definition) is 5. The molecule has 38 heavy (non-hydrogen) atoms. The van der Waals surface area contributed by atoms with Crippen LogP contribution in [0.4, 0.5) is 5.69 Å². The van der Waals surface area contributed by atoms with Crippen molar-refractivity contribution in [3.05, 3.63) is 94.1 Å². The number of nitrogens with one attached hydrogen (secondary N) is 1. The zero-order chi connectivity index (χ0) is 27.2. The number of aromatic nitrogens is 2. The van der Waals surface area contributed by atoms with Crippen LogP contribution in [0.15, 0.2) is 77.7 Å². The van der Waals surface area contributed by atoms with Crippen LogP contribution in [0.25, 0.3) is 27.4 Å². The lowest BCUT2D eigenvalue weighted by molar-refractivity contribution is -0.117. The maximum Gasteiger partial charge on any atom is 0.257 e. The van der Waals surface area contributed by atoms with Gasteiger partial charge in [-0.05, 0) is 53.9 Å². The number of primary amides is 1. The summed E-state index contributed by atoms with van der Waals surface area (Å²) >= 11 is 12.3. The van der Waals surface area contributed by atoms with Crippen LogP contribution in [0, 0.1) is 0 Å². The Morgan fingerprint density at radius 3 is 2.34 bits per heavy atom. The third-order valence-electron chi connectivity index (χ3n) is 5.94. The molecule has 0 spiro atoms. The largest absolute Gasteiger partial charge is 0.369 e. The number of anilines is 1. The zero-order valence-corrected chi connectivity index (χ0v) is 21.8. The van der Waals surface area contributed by atoms with Gasteiger partial charge in [-0.25, -0.2) is 18.2 Å². The Morgan fingerprint density at radius 2 is 1.66 bits per heavy atom. The minimum Gasteiger partial charge on any atom is -0.369 e. The van der Waals surface area contributed by atoms with E-state index in [9.17, 15) is 18.0 Å². The first-order chi connectivity index (χ1) is 18.0. The summed E-state index contributed by atoms with van der Waals surface area (Å²) in [5.74, 6) is -0.994. The molecule has 0 saturated carbocycles. The van der Waals surface area contributed by atoms with Gasteiger partial charge in [0.25, 0.3) is 5.91 Å². The highest BCUT2D eigenvalue weighted by Gasteiger charge is 2.18. The summed E-state index contributed by atoms with van der Waals surface area (Å²) in [6, 6.07) is 19.7. The summed E-state index contributed by atoms with van der Waals surface area (Å²) in [5.41, 5.74) is 7.79. The Kier molecular flexibility index (Phi) is 6.58. The molecule has 0 bridgehead atoms. The second-order valence-electron chi connectivity index (χ2n) is 8.49. The molecule has 1 heterocycles. The van der Waals surface area contributed by atoms with Crippen molar-refractivity contribution in [1.29, 1.82) is 0 Å². The van der Waals surface area contributed by atoms with E-state index in [1.165, 1.54) is 12.1 Å². The molecule has 192 valence electrons. The van der Waals surface area contributed by atoms with Crippen molar-refractivity contribution in [3.63, 3.8) is 0 Å². The second-order valence-corrected chi connectivity index (χ2v) is 10.8. The first-order valence-electron chi connectivity index (χ1n) is 11.1. The van der Waals surface area contributed by atoms with E-state index >= 15 is 0 Å². The van der Waals surface area contributed by atoms with Crippen molar-refractivity contribution in [1.82, 2.24) is 9.78 Å². The number of rotatable bonds is 6. The Balaban J connectivity index is 1.67. The molecule has 0 radical (unpaired) electrons. The van der Waals surface area contributed by atoms with Crippen LogP contribution >= 0.6 is 23.2 Å². The molecule has 0 unspecified atom stereocenters. The van der Waals surface area contributed by atoms with Crippen molar-refractivity contribution in [3.8, 4) is 5.69 Å². The molecule has 5 rings (SSSR count). The fourth-order valence-corrected chi connectivity index (χ4v) is 5.11. The van der Waals surface area contributed by atoms with Crippen LogP contribution in [-0.2, 0) is 21.2 Å². The zero-order valence-electron chi connectivity index (χ0n) is 19.5. The third kappa shape index (κ3) is 4.82. The average Bonchev–Trinajstić information content (AvgIpc) is 3.23. The van der Waals surface area contributed by atoms with Crippen LogP contribution in [0.3, 0.4) is 0 Å². The number of primary sulfonamides is 1. The number of carbonyl (C=O) groups excluding carboxylic acids is 2. The number of sulfonamides is 1. The third-order valence-corrected chi connectivity index (χ3v) is 7.69. The van der Waals surface area contributed by atoms with Gasteiger partial charge in [-0.3, -0.25) is 9.59 Å². The van der Waals surface area contributed by atoms with Crippen LogP contribution in [0.2, 0.25) is 10.0 Å². The number of carbonyl (C=O) groups is 2. The number of fused-ring (bicyclic) bond motifs is 3. The monoisotopic (exact) mass is 567 g/mol. The van der Waals surface area contributed by atoms with Crippen LogP contribution in [0.5, 0.6) is 0 Å². The molecule has 9 nitrogen and oxygen atoms in total. The van der Waals surface area contributed by atoms with Crippen LogP contribution in [0.1, 0.15) is 16.1 Å². The fraction of sp³-hybridized carbons (Fsp3) is 0.0385. The highest BCUT2D eigenvalue weighted by molar-refractivity contribution is 7.89. The number of halogens is 2. The first-order valence-corrected chi connectivity index (χ1v) is 13.4. The lowest BCUT2D eigenvalue weighted by atomic mass is 10.0. The van der Waals surface area contributed by atoms with E-state index in [1.807, 2.05) is 18.2 Å². The van der Waals surface area contributed by atoms with Gasteiger partial charge in [-0.2, -0.15) is 5.10 Å². The maximum absolute atomic E-state index is 12.9. The minimum absolute atomic E-state index is 0.0513. The van der Waals surface area contributed by atoms with E-state index in [0.717, 1.165) is 10.8 Å². The fourth-order valence-electron chi connectivity index (χ4n) is 4.20. The first kappa shape index (κ1) is 25.7. The summed E-state index contributed by atoms with van der Waals surface area (Å²) in [6.45, 7) is 0. The number of benzene rings is 4. The number of amides is 2. The van der Waals surface area contributed by atoms with Gasteiger partial charge in [0.1, 0.15) is 0 Å². The molecule has 5 N–H and O–H groups in total.